The van der Waals surface area contributed by atoms with Crippen LogP contribution in [0.25, 0.3) is 0 Å². The molecule has 28 heavy (non-hydrogen) atoms. The van der Waals surface area contributed by atoms with Gasteiger partial charge in [-0.1, -0.05) is 25.1 Å². The number of hydrogen-bond acceptors (Lipinski definition) is 4. The van der Waals surface area contributed by atoms with Gasteiger partial charge in [-0.3, -0.25) is 14.5 Å². The third-order valence-corrected chi connectivity index (χ3v) is 4.99. The molecule has 1 aliphatic heterocycles. The van der Waals surface area contributed by atoms with E-state index in [1.165, 1.54) is 5.56 Å². The lowest BCUT2D eigenvalue weighted by Crippen LogP contribution is -2.50. The average molecular weight is 381 g/mol. The molecule has 0 bridgehead atoms. The van der Waals surface area contributed by atoms with Gasteiger partial charge in [0.1, 0.15) is 5.75 Å². The molecular formula is C22H27N3O3. The minimum atomic E-state index is -0.0665. The first-order valence-electron chi connectivity index (χ1n) is 9.63. The van der Waals surface area contributed by atoms with E-state index in [1.54, 1.807) is 13.2 Å². The molecule has 0 unspecified atom stereocenters. The van der Waals surface area contributed by atoms with E-state index in [-0.39, 0.29) is 11.8 Å². The first kappa shape index (κ1) is 19.9. The number of amides is 2. The first-order valence-corrected chi connectivity index (χ1v) is 9.63. The molecule has 0 aliphatic carbocycles. The van der Waals surface area contributed by atoms with Gasteiger partial charge in [0, 0.05) is 43.5 Å². The molecule has 0 aromatic heterocycles. The van der Waals surface area contributed by atoms with Crippen molar-refractivity contribution in [1.82, 2.24) is 9.80 Å². The second-order valence-corrected chi connectivity index (χ2v) is 6.90. The van der Waals surface area contributed by atoms with Gasteiger partial charge in [0.25, 0.3) is 5.91 Å². The van der Waals surface area contributed by atoms with E-state index in [4.69, 9.17) is 4.74 Å². The third kappa shape index (κ3) is 5.10. The van der Waals surface area contributed by atoms with Crippen LogP contribution in [0.2, 0.25) is 0 Å². The molecule has 1 N–H and O–H groups in total. The second kappa shape index (κ2) is 9.37. The number of nitrogens with one attached hydrogen (secondary N) is 1. The number of ether oxygens (including phenoxy) is 1. The Morgan fingerprint density at radius 3 is 2.39 bits per heavy atom. The van der Waals surface area contributed by atoms with Crippen LogP contribution >= 0.6 is 0 Å². The molecule has 148 valence electrons. The summed E-state index contributed by atoms with van der Waals surface area (Å²) in [4.78, 5) is 28.9. The van der Waals surface area contributed by atoms with Crippen molar-refractivity contribution in [1.29, 1.82) is 0 Å². The molecule has 0 spiro atoms. The number of benzene rings is 2. The Morgan fingerprint density at radius 1 is 1.04 bits per heavy atom. The second-order valence-electron chi connectivity index (χ2n) is 6.90. The van der Waals surface area contributed by atoms with Crippen LogP contribution in [0.15, 0.2) is 48.5 Å². The Balaban J connectivity index is 1.47. The van der Waals surface area contributed by atoms with Crippen molar-refractivity contribution in [2.45, 2.75) is 13.3 Å². The highest BCUT2D eigenvalue weighted by Crippen LogP contribution is 2.17. The van der Waals surface area contributed by atoms with E-state index in [9.17, 15) is 9.59 Å². The maximum atomic E-state index is 12.6. The lowest BCUT2D eigenvalue weighted by atomic mass is 10.1. The zero-order valence-corrected chi connectivity index (χ0v) is 16.5. The summed E-state index contributed by atoms with van der Waals surface area (Å²) in [7, 11) is 1.60. The van der Waals surface area contributed by atoms with E-state index in [1.807, 2.05) is 47.4 Å². The Morgan fingerprint density at radius 2 is 1.75 bits per heavy atom. The SMILES string of the molecule is CCc1ccc(C(=O)N2CCN(CC(=O)Nc3cccc(OC)c3)CC2)cc1. The van der Waals surface area contributed by atoms with Gasteiger partial charge >= 0.3 is 0 Å². The molecule has 1 saturated heterocycles. The molecule has 6 nitrogen and oxygen atoms in total. The highest BCUT2D eigenvalue weighted by Gasteiger charge is 2.23. The molecular weight excluding hydrogens is 354 g/mol. The Hall–Kier alpha value is -2.86. The summed E-state index contributed by atoms with van der Waals surface area (Å²) in [6, 6.07) is 15.1. The van der Waals surface area contributed by atoms with Gasteiger partial charge in [0.05, 0.1) is 13.7 Å². The molecule has 1 heterocycles. The van der Waals surface area contributed by atoms with Crippen molar-refractivity contribution in [2.24, 2.45) is 0 Å². The van der Waals surface area contributed by atoms with Crippen LogP contribution in [0.4, 0.5) is 5.69 Å². The minimum absolute atomic E-state index is 0.0585. The first-order chi connectivity index (χ1) is 13.6. The molecule has 3 rings (SSSR count). The summed E-state index contributed by atoms with van der Waals surface area (Å²) < 4.78 is 5.17. The smallest absolute Gasteiger partial charge is 0.253 e. The summed E-state index contributed by atoms with van der Waals surface area (Å²) in [5, 5.41) is 2.89. The topological polar surface area (TPSA) is 61.9 Å². The van der Waals surface area contributed by atoms with Crippen LogP contribution in [-0.4, -0.2) is 61.4 Å². The summed E-state index contributed by atoms with van der Waals surface area (Å²) in [5.41, 5.74) is 2.67. The zero-order chi connectivity index (χ0) is 19.9. The summed E-state index contributed by atoms with van der Waals surface area (Å²) >= 11 is 0. The quantitative estimate of drug-likeness (QED) is 0.836. The molecule has 1 aliphatic rings. The van der Waals surface area contributed by atoms with Crippen LogP contribution in [0, 0.1) is 0 Å². The fraction of sp³-hybridized carbons (Fsp3) is 0.364. The number of rotatable bonds is 6. The van der Waals surface area contributed by atoms with Gasteiger partial charge in [0.2, 0.25) is 5.91 Å². The molecule has 0 saturated carbocycles. The molecule has 6 heteroatoms. The van der Waals surface area contributed by atoms with Crippen molar-refractivity contribution in [3.05, 3.63) is 59.7 Å². The van der Waals surface area contributed by atoms with Crippen molar-refractivity contribution < 1.29 is 14.3 Å². The highest BCUT2D eigenvalue weighted by atomic mass is 16.5. The number of anilines is 1. The van der Waals surface area contributed by atoms with E-state index < -0.39 is 0 Å². The van der Waals surface area contributed by atoms with Gasteiger partial charge in [-0.2, -0.15) is 0 Å². The molecule has 2 amide bonds. The number of piperazine rings is 1. The summed E-state index contributed by atoms with van der Waals surface area (Å²) in [6.07, 6.45) is 0.963. The molecule has 2 aromatic rings. The van der Waals surface area contributed by atoms with Gasteiger partial charge in [-0.05, 0) is 36.2 Å². The monoisotopic (exact) mass is 381 g/mol. The minimum Gasteiger partial charge on any atom is -0.497 e. The number of carbonyl (C=O) groups excluding carboxylic acids is 2. The molecule has 1 fully saturated rings. The molecule has 0 atom stereocenters. The van der Waals surface area contributed by atoms with E-state index in [0.717, 1.165) is 12.0 Å². The van der Waals surface area contributed by atoms with Crippen LogP contribution in [0.5, 0.6) is 5.75 Å². The van der Waals surface area contributed by atoms with Crippen LogP contribution < -0.4 is 10.1 Å². The van der Waals surface area contributed by atoms with E-state index >= 15 is 0 Å². The van der Waals surface area contributed by atoms with Gasteiger partial charge in [-0.15, -0.1) is 0 Å². The Bertz CT molecular complexity index is 812. The maximum Gasteiger partial charge on any atom is 0.253 e. The zero-order valence-electron chi connectivity index (χ0n) is 16.5. The number of carbonyl (C=O) groups is 2. The van der Waals surface area contributed by atoms with Crippen LogP contribution in [0.3, 0.4) is 0 Å². The fourth-order valence-corrected chi connectivity index (χ4v) is 3.28. The normalized spacial score (nSPS) is 14.6. The number of nitrogens with zero attached hydrogens (tertiary/aromatic N) is 2. The largest absolute Gasteiger partial charge is 0.497 e. The van der Waals surface area contributed by atoms with E-state index in [0.29, 0.717) is 44.2 Å². The number of hydrogen-bond donors (Lipinski definition) is 1. The van der Waals surface area contributed by atoms with Gasteiger partial charge in [0.15, 0.2) is 0 Å². The van der Waals surface area contributed by atoms with Crippen molar-refractivity contribution in [2.75, 3.05) is 45.2 Å². The third-order valence-electron chi connectivity index (χ3n) is 4.99. The Labute approximate surface area is 166 Å². The lowest BCUT2D eigenvalue weighted by Gasteiger charge is -2.34. The average Bonchev–Trinajstić information content (AvgIpc) is 2.74. The predicted octanol–water partition coefficient (Wildman–Crippen LogP) is 2.65. The number of methoxy groups -OCH3 is 1. The maximum absolute atomic E-state index is 12.6. The van der Waals surface area contributed by atoms with Crippen LogP contribution in [-0.2, 0) is 11.2 Å². The van der Waals surface area contributed by atoms with Crippen molar-refractivity contribution >= 4 is 17.5 Å². The fourth-order valence-electron chi connectivity index (χ4n) is 3.28. The molecule has 2 aromatic carbocycles. The van der Waals surface area contributed by atoms with Gasteiger partial charge < -0.3 is 15.0 Å². The van der Waals surface area contributed by atoms with Crippen molar-refractivity contribution in [3.63, 3.8) is 0 Å². The summed E-state index contributed by atoms with van der Waals surface area (Å²) in [6.45, 7) is 5.03. The lowest BCUT2D eigenvalue weighted by molar-refractivity contribution is -0.117. The van der Waals surface area contributed by atoms with Crippen molar-refractivity contribution in [3.8, 4) is 5.75 Å². The molecule has 0 radical (unpaired) electrons. The highest BCUT2D eigenvalue weighted by molar-refractivity contribution is 5.94. The standard InChI is InChI=1S/C22H27N3O3/c1-3-17-7-9-18(10-8-17)22(27)25-13-11-24(12-14-25)16-21(26)23-19-5-4-6-20(15-19)28-2/h4-10,15H,3,11-14,16H2,1-2H3,(H,23,26). The predicted molar refractivity (Wildman–Crippen MR) is 110 cm³/mol. The van der Waals surface area contributed by atoms with Gasteiger partial charge in [-0.25, -0.2) is 0 Å². The number of aryl methyl sites for hydroxylation is 1. The van der Waals surface area contributed by atoms with Crippen LogP contribution in [0.1, 0.15) is 22.8 Å². The summed E-state index contributed by atoms with van der Waals surface area (Å²) in [5.74, 6) is 0.697. The Kier molecular flexibility index (Phi) is 6.66. The van der Waals surface area contributed by atoms with E-state index in [2.05, 4.69) is 17.1 Å².